The maximum atomic E-state index is 12.5. The summed E-state index contributed by atoms with van der Waals surface area (Å²) in [6, 6.07) is 14.2. The Morgan fingerprint density at radius 2 is 1.81 bits per heavy atom. The minimum Gasteiger partial charge on any atom is -0.303 e. The van der Waals surface area contributed by atoms with Gasteiger partial charge in [-0.05, 0) is 42.6 Å². The van der Waals surface area contributed by atoms with Crippen LogP contribution < -0.4 is 0 Å². The molecule has 0 amide bonds. The first-order valence-electron chi connectivity index (χ1n) is 7.97. The average molecular weight is 281 g/mol. The molecule has 0 radical (unpaired) electrons. The van der Waals surface area contributed by atoms with Crippen molar-refractivity contribution in [3.8, 4) is 0 Å². The zero-order valence-electron chi connectivity index (χ0n) is 12.7. The third-order valence-corrected chi connectivity index (χ3v) is 4.62. The second-order valence-electron chi connectivity index (χ2n) is 6.22. The van der Waals surface area contributed by atoms with Crippen molar-refractivity contribution in [2.24, 2.45) is 5.92 Å². The number of carbonyl (C=O) groups is 1. The molecule has 2 nitrogen and oxygen atoms in total. The number of hydrogen-bond donors (Lipinski definition) is 0. The molecule has 21 heavy (non-hydrogen) atoms. The average Bonchev–Trinajstić information content (AvgIpc) is 2.53. The van der Waals surface area contributed by atoms with E-state index in [1.54, 1.807) is 0 Å². The molecule has 1 heterocycles. The zero-order valence-corrected chi connectivity index (χ0v) is 12.7. The largest absolute Gasteiger partial charge is 0.303 e. The molecule has 110 valence electrons. The van der Waals surface area contributed by atoms with Gasteiger partial charge in [-0.1, -0.05) is 49.4 Å². The topological polar surface area (TPSA) is 20.3 Å². The summed E-state index contributed by atoms with van der Waals surface area (Å²) in [7, 11) is 0. The number of benzene rings is 2. The van der Waals surface area contributed by atoms with Crippen molar-refractivity contribution in [1.82, 2.24) is 4.90 Å². The van der Waals surface area contributed by atoms with Crippen LogP contribution in [0, 0.1) is 5.92 Å². The lowest BCUT2D eigenvalue weighted by Crippen LogP contribution is -2.34. The predicted molar refractivity (Wildman–Crippen MR) is 87.7 cm³/mol. The molecule has 0 aromatic heterocycles. The molecule has 3 rings (SSSR count). The number of ketones is 1. The molecule has 1 saturated heterocycles. The van der Waals surface area contributed by atoms with Crippen LogP contribution in [-0.2, 0) is 0 Å². The van der Waals surface area contributed by atoms with Crippen LogP contribution in [0.2, 0.25) is 0 Å². The summed E-state index contributed by atoms with van der Waals surface area (Å²) >= 11 is 0. The fourth-order valence-corrected chi connectivity index (χ4v) is 3.15. The molecule has 2 heteroatoms. The summed E-state index contributed by atoms with van der Waals surface area (Å²) in [5.41, 5.74) is 0.874. The van der Waals surface area contributed by atoms with E-state index in [1.807, 2.05) is 30.3 Å². The molecule has 2 aromatic rings. The number of hydrogen-bond acceptors (Lipinski definition) is 2. The molecule has 0 atom stereocenters. The van der Waals surface area contributed by atoms with E-state index in [4.69, 9.17) is 0 Å². The molecule has 0 bridgehead atoms. The van der Waals surface area contributed by atoms with Gasteiger partial charge in [-0.3, -0.25) is 4.79 Å². The van der Waals surface area contributed by atoms with Gasteiger partial charge in [0, 0.05) is 18.5 Å². The standard InChI is InChI=1S/C19H23NO/c1-15-9-12-20(13-10-15)14-11-19(21)18-8-4-6-16-5-2-3-7-17(16)18/h2-8,15H,9-14H2,1H3. The van der Waals surface area contributed by atoms with E-state index in [0.29, 0.717) is 6.42 Å². The number of piperidine rings is 1. The van der Waals surface area contributed by atoms with Gasteiger partial charge in [0.2, 0.25) is 0 Å². The van der Waals surface area contributed by atoms with E-state index < -0.39 is 0 Å². The van der Waals surface area contributed by atoms with Crippen LogP contribution in [0.25, 0.3) is 10.8 Å². The maximum Gasteiger partial charge on any atom is 0.164 e. The second-order valence-corrected chi connectivity index (χ2v) is 6.22. The predicted octanol–water partition coefficient (Wildman–Crippen LogP) is 4.14. The molecular formula is C19H23NO. The van der Waals surface area contributed by atoms with Crippen molar-refractivity contribution in [3.63, 3.8) is 0 Å². The number of carbonyl (C=O) groups excluding carboxylic acids is 1. The molecule has 2 aromatic carbocycles. The fraction of sp³-hybridized carbons (Fsp3) is 0.421. The van der Waals surface area contributed by atoms with Crippen molar-refractivity contribution < 1.29 is 4.79 Å². The summed E-state index contributed by atoms with van der Waals surface area (Å²) in [5.74, 6) is 1.11. The second kappa shape index (κ2) is 6.40. The molecule has 0 unspecified atom stereocenters. The van der Waals surface area contributed by atoms with Gasteiger partial charge in [-0.15, -0.1) is 0 Å². The highest BCUT2D eigenvalue weighted by molar-refractivity contribution is 6.08. The van der Waals surface area contributed by atoms with Crippen molar-refractivity contribution in [3.05, 3.63) is 48.0 Å². The maximum absolute atomic E-state index is 12.5. The van der Waals surface area contributed by atoms with Crippen LogP contribution in [-0.4, -0.2) is 30.3 Å². The van der Waals surface area contributed by atoms with Gasteiger partial charge in [0.25, 0.3) is 0 Å². The quantitative estimate of drug-likeness (QED) is 0.785. The zero-order chi connectivity index (χ0) is 14.7. The molecule has 0 aliphatic carbocycles. The Bertz CT molecular complexity index is 621. The van der Waals surface area contributed by atoms with E-state index in [1.165, 1.54) is 12.8 Å². The number of fused-ring (bicyclic) bond motifs is 1. The molecule has 0 N–H and O–H groups in total. The van der Waals surface area contributed by atoms with Gasteiger partial charge in [-0.25, -0.2) is 0 Å². The Labute approximate surface area is 126 Å². The van der Waals surface area contributed by atoms with E-state index in [0.717, 1.165) is 41.9 Å². The number of likely N-dealkylation sites (tertiary alicyclic amines) is 1. The lowest BCUT2D eigenvalue weighted by molar-refractivity contribution is 0.0954. The summed E-state index contributed by atoms with van der Waals surface area (Å²) < 4.78 is 0. The van der Waals surface area contributed by atoms with E-state index in [9.17, 15) is 4.79 Å². The lowest BCUT2D eigenvalue weighted by atomic mass is 9.97. The number of Topliss-reactive ketones (excluding diaryl/α,β-unsaturated/α-hetero) is 1. The van der Waals surface area contributed by atoms with Gasteiger partial charge in [0.05, 0.1) is 0 Å². The Kier molecular flexibility index (Phi) is 4.35. The van der Waals surface area contributed by atoms with Crippen molar-refractivity contribution >= 4 is 16.6 Å². The monoisotopic (exact) mass is 281 g/mol. The fourth-order valence-electron chi connectivity index (χ4n) is 3.15. The van der Waals surface area contributed by atoms with Crippen LogP contribution in [0.1, 0.15) is 36.5 Å². The van der Waals surface area contributed by atoms with Gasteiger partial charge in [0.15, 0.2) is 5.78 Å². The van der Waals surface area contributed by atoms with Crippen LogP contribution in [0.4, 0.5) is 0 Å². The minimum absolute atomic E-state index is 0.269. The van der Waals surface area contributed by atoms with Crippen molar-refractivity contribution in [2.75, 3.05) is 19.6 Å². The summed E-state index contributed by atoms with van der Waals surface area (Å²) in [4.78, 5) is 15.0. The highest BCUT2D eigenvalue weighted by Gasteiger charge is 2.17. The van der Waals surface area contributed by atoms with Gasteiger partial charge < -0.3 is 4.90 Å². The third-order valence-electron chi connectivity index (χ3n) is 4.62. The van der Waals surface area contributed by atoms with E-state index >= 15 is 0 Å². The van der Waals surface area contributed by atoms with Gasteiger partial charge in [0.1, 0.15) is 0 Å². The Morgan fingerprint density at radius 1 is 1.10 bits per heavy atom. The number of rotatable bonds is 4. The summed E-state index contributed by atoms with van der Waals surface area (Å²) in [5, 5.41) is 2.23. The Morgan fingerprint density at radius 3 is 2.62 bits per heavy atom. The van der Waals surface area contributed by atoms with Crippen LogP contribution >= 0.6 is 0 Å². The minimum atomic E-state index is 0.269. The van der Waals surface area contributed by atoms with Crippen molar-refractivity contribution in [1.29, 1.82) is 0 Å². The van der Waals surface area contributed by atoms with E-state index in [2.05, 4.69) is 24.0 Å². The first kappa shape index (κ1) is 14.3. The molecule has 1 aliphatic rings. The first-order chi connectivity index (χ1) is 10.2. The molecule has 1 fully saturated rings. The van der Waals surface area contributed by atoms with Gasteiger partial charge in [-0.2, -0.15) is 0 Å². The summed E-state index contributed by atoms with van der Waals surface area (Å²) in [6.07, 6.45) is 3.16. The highest BCUT2D eigenvalue weighted by Crippen LogP contribution is 2.21. The van der Waals surface area contributed by atoms with Crippen LogP contribution in [0.3, 0.4) is 0 Å². The first-order valence-corrected chi connectivity index (χ1v) is 7.97. The van der Waals surface area contributed by atoms with Crippen LogP contribution in [0.5, 0.6) is 0 Å². The Balaban J connectivity index is 1.67. The molecule has 0 spiro atoms. The van der Waals surface area contributed by atoms with Crippen LogP contribution in [0.15, 0.2) is 42.5 Å². The molecule has 0 saturated carbocycles. The number of nitrogens with zero attached hydrogens (tertiary/aromatic N) is 1. The smallest absolute Gasteiger partial charge is 0.164 e. The van der Waals surface area contributed by atoms with Crippen molar-refractivity contribution in [2.45, 2.75) is 26.2 Å². The molecule has 1 aliphatic heterocycles. The molecular weight excluding hydrogens is 258 g/mol. The van der Waals surface area contributed by atoms with E-state index in [-0.39, 0.29) is 5.78 Å². The normalized spacial score (nSPS) is 17.2. The third kappa shape index (κ3) is 3.33. The van der Waals surface area contributed by atoms with Gasteiger partial charge >= 0.3 is 0 Å². The summed E-state index contributed by atoms with van der Waals surface area (Å²) in [6.45, 7) is 5.50. The lowest BCUT2D eigenvalue weighted by Gasteiger charge is -2.29. The highest BCUT2D eigenvalue weighted by atomic mass is 16.1. The Hall–Kier alpha value is -1.67. The SMILES string of the molecule is CC1CCN(CCC(=O)c2cccc3ccccc23)CC1.